The molecule has 3 nitrogen and oxygen atoms in total. The highest BCUT2D eigenvalue weighted by molar-refractivity contribution is 6.31. The Kier molecular flexibility index (Phi) is 9.77. The zero-order valence-corrected chi connectivity index (χ0v) is 14.5. The maximum Gasteiger partial charge on any atom is 0.0834 e. The van der Waals surface area contributed by atoms with Crippen LogP contribution in [-0.2, 0) is 6.54 Å². The molecule has 1 aromatic rings. The molecular formula is C17H32ClN3. The van der Waals surface area contributed by atoms with Crippen molar-refractivity contribution in [1.82, 2.24) is 9.78 Å². The minimum Gasteiger partial charge on any atom is -0.323 e. The Balaban J connectivity index is 2.11. The summed E-state index contributed by atoms with van der Waals surface area (Å²) in [7, 11) is 0. The third-order valence-electron chi connectivity index (χ3n) is 4.10. The van der Waals surface area contributed by atoms with Crippen LogP contribution in [0.2, 0.25) is 5.02 Å². The van der Waals surface area contributed by atoms with Crippen LogP contribution in [0.1, 0.15) is 89.8 Å². The van der Waals surface area contributed by atoms with Gasteiger partial charge in [-0.3, -0.25) is 4.68 Å². The molecule has 2 N–H and O–H groups in total. The highest BCUT2D eigenvalue weighted by Gasteiger charge is 2.15. The summed E-state index contributed by atoms with van der Waals surface area (Å²) in [6, 6.07) is 0.0181. The first-order valence-electron chi connectivity index (χ1n) is 8.67. The first-order valence-corrected chi connectivity index (χ1v) is 9.05. The number of unbranched alkanes of at least 4 members (excludes halogenated alkanes) is 8. The Bertz CT molecular complexity index is 376. The molecule has 1 unspecified atom stereocenters. The summed E-state index contributed by atoms with van der Waals surface area (Å²) in [6.45, 7) is 5.16. The van der Waals surface area contributed by atoms with Crippen LogP contribution in [0.15, 0.2) is 6.20 Å². The van der Waals surface area contributed by atoms with E-state index in [1.54, 1.807) is 6.20 Å². The minimum absolute atomic E-state index is 0.0181. The highest BCUT2D eigenvalue weighted by atomic mass is 35.5. The molecule has 0 saturated heterocycles. The summed E-state index contributed by atoms with van der Waals surface area (Å²) in [5, 5.41) is 4.96. The lowest BCUT2D eigenvalue weighted by Crippen LogP contribution is -2.16. The second kappa shape index (κ2) is 11.1. The summed E-state index contributed by atoms with van der Waals surface area (Å²) in [6.07, 6.45) is 14.8. The van der Waals surface area contributed by atoms with Crippen LogP contribution in [-0.4, -0.2) is 9.78 Å². The van der Waals surface area contributed by atoms with Crippen molar-refractivity contribution in [2.45, 2.75) is 90.6 Å². The summed E-state index contributed by atoms with van der Waals surface area (Å²) in [5.74, 6) is 0. The predicted octanol–water partition coefficient (Wildman–Crippen LogP) is 5.48. The van der Waals surface area contributed by atoms with E-state index in [9.17, 15) is 0 Å². The van der Waals surface area contributed by atoms with Crippen LogP contribution in [0.5, 0.6) is 0 Å². The molecule has 0 aliphatic carbocycles. The highest BCUT2D eigenvalue weighted by Crippen LogP contribution is 2.25. The number of aromatic nitrogens is 2. The molecule has 0 spiro atoms. The van der Waals surface area contributed by atoms with Gasteiger partial charge in [-0.25, -0.2) is 0 Å². The van der Waals surface area contributed by atoms with Crippen molar-refractivity contribution in [2.75, 3.05) is 0 Å². The third-order valence-corrected chi connectivity index (χ3v) is 4.39. The number of nitrogens with zero attached hydrogens (tertiary/aromatic N) is 2. The van der Waals surface area contributed by atoms with Gasteiger partial charge in [0.05, 0.1) is 16.9 Å². The number of nitrogens with two attached hydrogens (primary N) is 1. The van der Waals surface area contributed by atoms with Gasteiger partial charge < -0.3 is 5.73 Å². The van der Waals surface area contributed by atoms with Crippen molar-refractivity contribution in [3.05, 3.63) is 16.9 Å². The van der Waals surface area contributed by atoms with Crippen LogP contribution in [0.25, 0.3) is 0 Å². The molecule has 0 fully saturated rings. The Morgan fingerprint density at radius 2 is 1.62 bits per heavy atom. The normalized spacial score (nSPS) is 12.8. The molecule has 1 heterocycles. The molecule has 0 aromatic carbocycles. The Labute approximate surface area is 135 Å². The van der Waals surface area contributed by atoms with E-state index in [1.165, 1.54) is 57.8 Å². The summed E-state index contributed by atoms with van der Waals surface area (Å²) in [4.78, 5) is 0. The van der Waals surface area contributed by atoms with Gasteiger partial charge in [-0.1, -0.05) is 76.3 Å². The lowest BCUT2D eigenvalue weighted by atomic mass is 10.0. The van der Waals surface area contributed by atoms with Crippen LogP contribution < -0.4 is 5.73 Å². The largest absolute Gasteiger partial charge is 0.323 e. The van der Waals surface area contributed by atoms with Crippen LogP contribution in [0.3, 0.4) is 0 Å². The van der Waals surface area contributed by atoms with Crippen molar-refractivity contribution in [3.8, 4) is 0 Å². The van der Waals surface area contributed by atoms with Crippen molar-refractivity contribution in [1.29, 1.82) is 0 Å². The van der Waals surface area contributed by atoms with E-state index in [-0.39, 0.29) is 6.04 Å². The first kappa shape index (κ1) is 18.5. The van der Waals surface area contributed by atoms with Gasteiger partial charge in [0.2, 0.25) is 0 Å². The molecular weight excluding hydrogens is 282 g/mol. The fourth-order valence-corrected chi connectivity index (χ4v) is 3.09. The molecule has 0 saturated carbocycles. The van der Waals surface area contributed by atoms with E-state index in [2.05, 4.69) is 18.9 Å². The van der Waals surface area contributed by atoms with Crippen molar-refractivity contribution >= 4 is 11.6 Å². The topological polar surface area (TPSA) is 43.8 Å². The second-order valence-corrected chi connectivity index (χ2v) is 6.32. The average molecular weight is 314 g/mol. The van der Waals surface area contributed by atoms with Gasteiger partial charge in [0.1, 0.15) is 0 Å². The molecule has 1 aromatic heterocycles. The van der Waals surface area contributed by atoms with Gasteiger partial charge in [0, 0.05) is 12.6 Å². The fourth-order valence-electron chi connectivity index (χ4n) is 2.80. The molecule has 1 rings (SSSR count). The Morgan fingerprint density at radius 1 is 1.05 bits per heavy atom. The molecule has 0 aliphatic rings. The van der Waals surface area contributed by atoms with Gasteiger partial charge in [-0.05, 0) is 13.3 Å². The summed E-state index contributed by atoms with van der Waals surface area (Å²) < 4.78 is 1.92. The Hall–Kier alpha value is -0.540. The molecule has 0 radical (unpaired) electrons. The first-order chi connectivity index (χ1) is 10.2. The van der Waals surface area contributed by atoms with Gasteiger partial charge in [0.25, 0.3) is 0 Å². The van der Waals surface area contributed by atoms with E-state index in [0.717, 1.165) is 18.7 Å². The number of hydrogen-bond acceptors (Lipinski definition) is 2. The van der Waals surface area contributed by atoms with Crippen LogP contribution in [0, 0.1) is 0 Å². The van der Waals surface area contributed by atoms with Gasteiger partial charge in [-0.2, -0.15) is 5.10 Å². The molecule has 4 heteroatoms. The molecule has 0 amide bonds. The van der Waals surface area contributed by atoms with Crippen LogP contribution >= 0.6 is 11.6 Å². The quantitative estimate of drug-likeness (QED) is 0.519. The zero-order chi connectivity index (χ0) is 15.5. The number of halogens is 1. The van der Waals surface area contributed by atoms with Crippen LogP contribution in [0.4, 0.5) is 0 Å². The molecule has 0 bridgehead atoms. The average Bonchev–Trinajstić information content (AvgIpc) is 2.86. The van der Waals surface area contributed by atoms with E-state index in [1.807, 2.05) is 4.68 Å². The fraction of sp³-hybridized carbons (Fsp3) is 0.824. The monoisotopic (exact) mass is 313 g/mol. The standard InChI is InChI=1S/C17H32ClN3/c1-3-5-6-7-8-9-10-11-12-13-16(19)17-15(18)14-20-21(17)4-2/h14,16H,3-13,19H2,1-2H3. The molecule has 0 aliphatic heterocycles. The Morgan fingerprint density at radius 3 is 2.19 bits per heavy atom. The zero-order valence-electron chi connectivity index (χ0n) is 13.8. The number of aryl methyl sites for hydroxylation is 1. The minimum atomic E-state index is 0.0181. The van der Waals surface area contributed by atoms with E-state index < -0.39 is 0 Å². The van der Waals surface area contributed by atoms with Crippen molar-refractivity contribution < 1.29 is 0 Å². The van der Waals surface area contributed by atoms with Crippen molar-refractivity contribution in [2.24, 2.45) is 5.73 Å². The second-order valence-electron chi connectivity index (χ2n) is 5.92. The predicted molar refractivity (Wildman–Crippen MR) is 91.7 cm³/mol. The SMILES string of the molecule is CCCCCCCCCCCC(N)c1c(Cl)cnn1CC. The molecule has 1 atom stereocenters. The molecule has 21 heavy (non-hydrogen) atoms. The lowest BCUT2D eigenvalue weighted by molar-refractivity contribution is 0.504. The summed E-state index contributed by atoms with van der Waals surface area (Å²) >= 11 is 6.18. The number of hydrogen-bond donors (Lipinski definition) is 1. The van der Waals surface area contributed by atoms with Gasteiger partial charge in [0.15, 0.2) is 0 Å². The van der Waals surface area contributed by atoms with E-state index in [4.69, 9.17) is 17.3 Å². The van der Waals surface area contributed by atoms with Gasteiger partial charge in [-0.15, -0.1) is 0 Å². The van der Waals surface area contributed by atoms with E-state index >= 15 is 0 Å². The van der Waals surface area contributed by atoms with E-state index in [0.29, 0.717) is 5.02 Å². The van der Waals surface area contributed by atoms with Crippen molar-refractivity contribution in [3.63, 3.8) is 0 Å². The lowest BCUT2D eigenvalue weighted by Gasteiger charge is -2.14. The molecule has 122 valence electrons. The smallest absolute Gasteiger partial charge is 0.0834 e. The maximum atomic E-state index is 6.27. The van der Waals surface area contributed by atoms with Gasteiger partial charge >= 0.3 is 0 Å². The maximum absolute atomic E-state index is 6.27. The number of rotatable bonds is 12. The summed E-state index contributed by atoms with van der Waals surface area (Å²) in [5.41, 5.74) is 7.27. The third kappa shape index (κ3) is 6.84.